The smallest absolute Gasteiger partial charge is 0.243 e. The molecule has 0 radical (unpaired) electrons. The number of amides is 1. The topological polar surface area (TPSA) is 69.7 Å². The largest absolute Gasteiger partial charge is 0.325 e. The summed E-state index contributed by atoms with van der Waals surface area (Å²) in [6.07, 6.45) is 3.07. The number of carbonyl (C=O) groups excluding carboxylic acids is 1. The summed E-state index contributed by atoms with van der Waals surface area (Å²) in [5, 5.41) is 2.91. The fourth-order valence-corrected chi connectivity index (χ4v) is 5.73. The van der Waals surface area contributed by atoms with Gasteiger partial charge < -0.3 is 5.32 Å². The predicted octanol–water partition coefficient (Wildman–Crippen LogP) is 4.14. The second-order valence-electron chi connectivity index (χ2n) is 8.08. The lowest BCUT2D eigenvalue weighted by atomic mass is 9.99. The first kappa shape index (κ1) is 24.2. The average molecular weight is 456 g/mol. The Labute approximate surface area is 192 Å². The van der Waals surface area contributed by atoms with E-state index in [4.69, 9.17) is 0 Å². The van der Waals surface area contributed by atoms with Crippen LogP contribution in [-0.2, 0) is 14.8 Å². The monoisotopic (exact) mass is 455 g/mol. The molecule has 0 saturated carbocycles. The van der Waals surface area contributed by atoms with E-state index in [0.717, 1.165) is 13.0 Å². The molecule has 1 aliphatic rings. The molecule has 1 amide bonds. The summed E-state index contributed by atoms with van der Waals surface area (Å²) in [6.45, 7) is 9.60. The van der Waals surface area contributed by atoms with Crippen molar-refractivity contribution in [3.63, 3.8) is 0 Å². The van der Waals surface area contributed by atoms with Crippen LogP contribution in [0.2, 0.25) is 0 Å². The minimum Gasteiger partial charge on any atom is -0.325 e. The summed E-state index contributed by atoms with van der Waals surface area (Å²) < 4.78 is 27.4. The lowest BCUT2D eigenvalue weighted by molar-refractivity contribution is -0.120. The van der Waals surface area contributed by atoms with E-state index >= 15 is 0 Å². The highest BCUT2D eigenvalue weighted by molar-refractivity contribution is 7.89. The number of sulfonamides is 1. The quantitative estimate of drug-likeness (QED) is 0.649. The molecule has 0 aromatic heterocycles. The Morgan fingerprint density at radius 3 is 2.41 bits per heavy atom. The molecule has 1 N–H and O–H groups in total. The summed E-state index contributed by atoms with van der Waals surface area (Å²) in [7, 11) is -3.60. The molecule has 1 atom stereocenters. The van der Waals surface area contributed by atoms with Gasteiger partial charge >= 0.3 is 0 Å². The van der Waals surface area contributed by atoms with Crippen molar-refractivity contribution in [2.75, 3.05) is 31.5 Å². The van der Waals surface area contributed by atoms with Crippen molar-refractivity contribution in [2.24, 2.45) is 0 Å². The van der Waals surface area contributed by atoms with Crippen LogP contribution in [-0.4, -0.2) is 55.8 Å². The molecule has 1 heterocycles. The summed E-state index contributed by atoms with van der Waals surface area (Å²) in [6, 6.07) is 15.0. The van der Waals surface area contributed by atoms with Crippen LogP contribution in [0, 0.1) is 6.92 Å². The first-order chi connectivity index (χ1) is 15.3. The fourth-order valence-electron chi connectivity index (χ4n) is 4.02. The second-order valence-corrected chi connectivity index (χ2v) is 9.98. The zero-order valence-corrected chi connectivity index (χ0v) is 20.2. The van der Waals surface area contributed by atoms with Crippen LogP contribution in [0.3, 0.4) is 0 Å². The lowest BCUT2D eigenvalue weighted by Gasteiger charge is -2.31. The standard InChI is InChI=1S/C25H33N3O3S/c1-5-28(6-2)32(30,31)24-18-23(13-12-19(24)3)26-25(29)20(4)27-16-14-22(15-17-27)21-10-8-7-9-11-21/h7-14,18,20H,5-6,15-17H2,1-4H3,(H,26,29)/t20-/m0/s1. The van der Waals surface area contributed by atoms with E-state index in [1.54, 1.807) is 25.1 Å². The van der Waals surface area contributed by atoms with Gasteiger partial charge in [-0.2, -0.15) is 4.31 Å². The van der Waals surface area contributed by atoms with Crippen molar-refractivity contribution in [3.05, 3.63) is 65.7 Å². The molecule has 0 bridgehead atoms. The zero-order valence-electron chi connectivity index (χ0n) is 19.3. The van der Waals surface area contributed by atoms with Gasteiger partial charge in [0.25, 0.3) is 0 Å². The van der Waals surface area contributed by atoms with Gasteiger partial charge in [-0.05, 0) is 49.1 Å². The van der Waals surface area contributed by atoms with Crippen molar-refractivity contribution in [2.45, 2.75) is 45.1 Å². The van der Waals surface area contributed by atoms with Crippen LogP contribution in [0.25, 0.3) is 5.57 Å². The first-order valence-corrected chi connectivity index (χ1v) is 12.6. The van der Waals surface area contributed by atoms with Crippen molar-refractivity contribution < 1.29 is 13.2 Å². The third-order valence-corrected chi connectivity index (χ3v) is 8.28. The van der Waals surface area contributed by atoms with E-state index in [0.29, 0.717) is 30.9 Å². The van der Waals surface area contributed by atoms with E-state index in [1.165, 1.54) is 15.4 Å². The van der Waals surface area contributed by atoms with Crippen LogP contribution >= 0.6 is 0 Å². The van der Waals surface area contributed by atoms with Gasteiger partial charge in [-0.1, -0.05) is 56.3 Å². The summed E-state index contributed by atoms with van der Waals surface area (Å²) in [5.41, 5.74) is 3.69. The van der Waals surface area contributed by atoms with Crippen LogP contribution in [0.15, 0.2) is 59.5 Å². The van der Waals surface area contributed by atoms with Gasteiger partial charge in [0, 0.05) is 31.9 Å². The van der Waals surface area contributed by atoms with Crippen molar-refractivity contribution in [3.8, 4) is 0 Å². The van der Waals surface area contributed by atoms with Crippen LogP contribution in [0.4, 0.5) is 5.69 Å². The van der Waals surface area contributed by atoms with Crippen molar-refractivity contribution in [1.82, 2.24) is 9.21 Å². The van der Waals surface area contributed by atoms with Crippen LogP contribution in [0.5, 0.6) is 0 Å². The Bertz CT molecular complexity index is 1080. The third-order valence-electron chi connectivity index (χ3n) is 6.09. The maximum atomic E-state index is 13.0. The molecule has 0 aliphatic carbocycles. The van der Waals surface area contributed by atoms with Gasteiger partial charge in [0.1, 0.15) is 0 Å². The Morgan fingerprint density at radius 1 is 1.12 bits per heavy atom. The lowest BCUT2D eigenvalue weighted by Crippen LogP contribution is -2.44. The molecule has 32 heavy (non-hydrogen) atoms. The number of aryl methyl sites for hydroxylation is 1. The van der Waals surface area contributed by atoms with Gasteiger partial charge in [-0.15, -0.1) is 0 Å². The molecule has 0 saturated heterocycles. The minimum absolute atomic E-state index is 0.142. The molecule has 0 spiro atoms. The van der Waals surface area contributed by atoms with E-state index < -0.39 is 10.0 Å². The molecule has 3 rings (SSSR count). The highest BCUT2D eigenvalue weighted by Crippen LogP contribution is 2.25. The fraction of sp³-hybridized carbons (Fsp3) is 0.400. The van der Waals surface area contributed by atoms with E-state index in [-0.39, 0.29) is 16.8 Å². The van der Waals surface area contributed by atoms with Gasteiger partial charge in [-0.25, -0.2) is 8.42 Å². The van der Waals surface area contributed by atoms with E-state index in [1.807, 2.05) is 39.0 Å². The number of hydrogen-bond donors (Lipinski definition) is 1. The Kier molecular flexibility index (Phi) is 7.87. The summed E-state index contributed by atoms with van der Waals surface area (Å²) in [5.74, 6) is -0.142. The van der Waals surface area contributed by atoms with E-state index in [9.17, 15) is 13.2 Å². The highest BCUT2D eigenvalue weighted by atomic mass is 32.2. The van der Waals surface area contributed by atoms with Crippen molar-refractivity contribution >= 4 is 27.2 Å². The third kappa shape index (κ3) is 5.28. The molecule has 172 valence electrons. The maximum absolute atomic E-state index is 13.0. The number of nitrogens with zero attached hydrogens (tertiary/aromatic N) is 2. The Balaban J connectivity index is 1.70. The number of carbonyl (C=O) groups is 1. The second kappa shape index (κ2) is 10.4. The molecule has 1 aliphatic heterocycles. The number of rotatable bonds is 8. The molecule has 6 nitrogen and oxygen atoms in total. The van der Waals surface area contributed by atoms with Gasteiger partial charge in [-0.3, -0.25) is 9.69 Å². The number of nitrogens with one attached hydrogen (secondary N) is 1. The molecule has 0 fully saturated rings. The normalized spacial score (nSPS) is 16.0. The number of benzene rings is 2. The zero-order chi connectivity index (χ0) is 23.3. The Morgan fingerprint density at radius 2 is 1.81 bits per heavy atom. The predicted molar refractivity (Wildman–Crippen MR) is 130 cm³/mol. The number of hydrogen-bond acceptors (Lipinski definition) is 4. The van der Waals surface area contributed by atoms with Gasteiger partial charge in [0.05, 0.1) is 10.9 Å². The summed E-state index contributed by atoms with van der Waals surface area (Å²) >= 11 is 0. The molecular formula is C25H33N3O3S. The minimum atomic E-state index is -3.60. The van der Waals surface area contributed by atoms with Gasteiger partial charge in [0.2, 0.25) is 15.9 Å². The highest BCUT2D eigenvalue weighted by Gasteiger charge is 2.26. The van der Waals surface area contributed by atoms with Gasteiger partial charge in [0.15, 0.2) is 0 Å². The molecule has 0 unspecified atom stereocenters. The van der Waals surface area contributed by atoms with E-state index in [2.05, 4.69) is 28.4 Å². The number of anilines is 1. The summed E-state index contributed by atoms with van der Waals surface area (Å²) in [4.78, 5) is 15.3. The first-order valence-electron chi connectivity index (χ1n) is 11.2. The van der Waals surface area contributed by atoms with Crippen molar-refractivity contribution in [1.29, 1.82) is 0 Å². The van der Waals surface area contributed by atoms with Crippen LogP contribution in [0.1, 0.15) is 38.3 Å². The molecular weight excluding hydrogens is 422 g/mol. The molecule has 2 aromatic carbocycles. The molecule has 7 heteroatoms. The average Bonchev–Trinajstić information content (AvgIpc) is 2.81. The molecule has 2 aromatic rings. The SMILES string of the molecule is CCN(CC)S(=O)(=O)c1cc(NC(=O)[C@H](C)N2CC=C(c3ccccc3)CC2)ccc1C. The maximum Gasteiger partial charge on any atom is 0.243 e. The Hall–Kier alpha value is -2.48. The van der Waals surface area contributed by atoms with Crippen LogP contribution < -0.4 is 5.32 Å².